The Labute approximate surface area is 862 Å². The van der Waals surface area contributed by atoms with E-state index in [0.717, 1.165) is 76.4 Å². The maximum absolute atomic E-state index is 14.4. The number of benzene rings is 24. The topological polar surface area (TPSA) is 342 Å². The minimum atomic E-state index is -1.42. The van der Waals surface area contributed by atoms with Crippen molar-refractivity contribution in [3.05, 3.63) is 351 Å². The van der Waals surface area contributed by atoms with Gasteiger partial charge >= 0.3 is 0 Å². The van der Waals surface area contributed by atoms with Crippen molar-refractivity contribution in [3.63, 3.8) is 0 Å². The third kappa shape index (κ3) is 13.5. The Morgan fingerprint density at radius 2 is 0.479 bits per heavy atom. The molecule has 24 aromatic carbocycles. The largest absolute Gasteiger partial charge is 0.506 e. The molecule has 0 saturated carbocycles. The summed E-state index contributed by atoms with van der Waals surface area (Å²) in [5, 5.41) is 218. The van der Waals surface area contributed by atoms with E-state index in [1.165, 1.54) is 0 Å². The Bertz CT molecular complexity index is 9930. The number of aryl methyl sites for hydroxylation is 1. The van der Waals surface area contributed by atoms with Crippen molar-refractivity contribution in [2.75, 3.05) is 0 Å². The summed E-state index contributed by atoms with van der Waals surface area (Å²) in [6, 6.07) is 102. The third-order valence-corrected chi connectivity index (χ3v) is 52.4. The van der Waals surface area contributed by atoms with Gasteiger partial charge in [0.2, 0.25) is 34.5 Å². The molecule has 0 saturated heterocycles. The van der Waals surface area contributed by atoms with E-state index in [9.17, 15) is 81.7 Å². The zero-order valence-electron chi connectivity index (χ0n) is 75.0. The standard InChI is InChI=1S/C121H73I5O18/c1-56-81-84(77-46-22-33-61-29-9-13-38-68(61)77)97-94(111(134)119(142)120(112(97)135)143-144-121-113(136)98-87(80-55-65-31-11-15-40-71(65)73-41-17-19-44-76(73)80)96-91(107(130)115(138)117(140)109(96)132)83(92(98)110(133)118(121)141)66-36-20-35-64(54-66)70-45-21-32-60-28-8-12-37-67(60)70)85(79-53-52-72(59-26-6-3-7-27-59)74-42-16-18-43-75(74)79)88(81)99(122)101-100(56)123-125-103-102(126-124-101)104(127)89-82(63-50-48-58(49-51-63)57-24-4-2-5-25-57)90-95(108(131)116(139)114(137)106(90)129)86(93(89)105(103)128)78-47-23-34-62-30-10-14-39-69(62)78/h2-55,127-142H,1H3. The van der Waals surface area contributed by atoms with Crippen molar-refractivity contribution in [1.82, 2.24) is 0 Å². The lowest BCUT2D eigenvalue weighted by molar-refractivity contribution is -0.106. The van der Waals surface area contributed by atoms with Crippen LogP contribution in [0.1, 0.15) is 5.56 Å². The van der Waals surface area contributed by atoms with Crippen molar-refractivity contribution in [3.8, 4) is 204 Å². The highest BCUT2D eigenvalue weighted by molar-refractivity contribution is 14.8. The van der Waals surface area contributed by atoms with E-state index in [1.54, 1.807) is 36.4 Å². The molecule has 0 aromatic heterocycles. The van der Waals surface area contributed by atoms with Crippen LogP contribution >= 0.6 is 89.0 Å². The number of phenols is 16. The first-order chi connectivity index (χ1) is 70.1. The summed E-state index contributed by atoms with van der Waals surface area (Å²) in [4.78, 5) is 12.8. The molecule has 24 aromatic rings. The van der Waals surface area contributed by atoms with Crippen LogP contribution in [0.2, 0.25) is 0 Å². The van der Waals surface area contributed by atoms with Gasteiger partial charge in [-0.15, -0.1) is 0 Å². The van der Waals surface area contributed by atoms with Gasteiger partial charge in [-0.05, 0) is 250 Å². The van der Waals surface area contributed by atoms with Gasteiger partial charge in [0.25, 0.3) is 11.5 Å². The van der Waals surface area contributed by atoms with Crippen molar-refractivity contribution in [1.29, 1.82) is 0 Å². The van der Waals surface area contributed by atoms with Crippen molar-refractivity contribution < 1.29 is 91.5 Å². The first-order valence-electron chi connectivity index (χ1n) is 45.5. The van der Waals surface area contributed by atoms with Gasteiger partial charge < -0.3 is 81.7 Å². The van der Waals surface area contributed by atoms with Crippen LogP contribution < -0.4 is 9.78 Å². The molecular weight excluding hydrogens is 2380 g/mol. The number of fused-ring (bicyclic) bond motifs is 15. The third-order valence-electron chi connectivity index (χ3n) is 28.0. The number of rotatable bonds is 12. The van der Waals surface area contributed by atoms with Crippen LogP contribution in [-0.2, 0) is 0 Å². The van der Waals surface area contributed by atoms with Gasteiger partial charge in [-0.2, -0.15) is 0 Å². The first kappa shape index (κ1) is 89.8. The molecule has 1 heterocycles. The highest BCUT2D eigenvalue weighted by atomic mass is 128. The van der Waals surface area contributed by atoms with E-state index in [-0.39, 0.29) is 93.4 Å². The average Bonchev–Trinajstić information content (AvgIpc) is 0.702. The Morgan fingerprint density at radius 3 is 0.993 bits per heavy atom. The summed E-state index contributed by atoms with van der Waals surface area (Å²) < 4.78 is 3.96. The summed E-state index contributed by atoms with van der Waals surface area (Å²) in [6.07, 6.45) is 0. The SMILES string of the molecule is Cc1c2c(c(I)c3c(-c4ccc(-c5ccccc5)c5ccccc45)c4c(O)c(O)c(OOc5c(O)c(O)c6c(-c7cccc(-c8cccc9ccccc89)c7)c7c(O)c(O)c(O)c(O)c7c(-c7cc8ccccc8c8ccccc78)c6c5O)c(O)c4c(-c4cccc5ccccc45)c13)I=Ic1c(c(O)c3c(-c4cccc5ccccc45)c4c(O)c(O)c(O)c(O)c4c(-c4ccc(-c5ccccc5)cc4)c3c1O)I=I2. The number of phenolic OH excluding ortho intramolecular Hbond substituents is 16. The van der Waals surface area contributed by atoms with Gasteiger partial charge in [-0.3, -0.25) is 9.78 Å². The Kier molecular flexibility index (Phi) is 21.6. The second-order valence-corrected chi connectivity index (χ2v) is 53.5. The molecule has 1 aliphatic heterocycles. The molecular formula is C121H73I5O18. The van der Waals surface area contributed by atoms with Gasteiger partial charge in [-0.25, -0.2) is 0 Å². The van der Waals surface area contributed by atoms with Crippen molar-refractivity contribution in [2.45, 2.75) is 6.92 Å². The Morgan fingerprint density at radius 1 is 0.181 bits per heavy atom. The highest BCUT2D eigenvalue weighted by Gasteiger charge is 2.40. The summed E-state index contributed by atoms with van der Waals surface area (Å²) in [7, 11) is 0. The van der Waals surface area contributed by atoms with Gasteiger partial charge in [0.1, 0.15) is 11.5 Å². The molecule has 0 spiro atoms. The molecule has 1 aliphatic rings. The lowest BCUT2D eigenvalue weighted by Crippen LogP contribution is -2.05. The van der Waals surface area contributed by atoms with Gasteiger partial charge in [0, 0.05) is 103 Å². The van der Waals surface area contributed by atoms with Crippen LogP contribution in [-0.4, -0.2) is 81.7 Å². The van der Waals surface area contributed by atoms with Gasteiger partial charge in [-0.1, -0.05) is 315 Å². The van der Waals surface area contributed by atoms with Crippen LogP contribution in [0.3, 0.4) is 0 Å². The molecule has 0 atom stereocenters. The fourth-order valence-electron chi connectivity index (χ4n) is 21.6. The second kappa shape index (κ2) is 34.7. The van der Waals surface area contributed by atoms with Crippen molar-refractivity contribution in [2.24, 2.45) is 0 Å². The van der Waals surface area contributed by atoms with E-state index in [1.807, 2.05) is 298 Å². The number of hydrogen-bond donors (Lipinski definition) is 16. The van der Waals surface area contributed by atoms with Crippen LogP contribution in [0.4, 0.5) is 0 Å². The molecule has 23 heteroatoms. The molecule has 0 unspecified atom stereocenters. The average molecular weight is 2450 g/mol. The molecule has 18 nitrogen and oxygen atoms in total. The van der Waals surface area contributed by atoms with Crippen LogP contribution in [0.5, 0.6) is 103 Å². The molecule has 25 rings (SSSR count). The lowest BCUT2D eigenvalue weighted by atomic mass is 9.81. The quantitative estimate of drug-likeness (QED) is 0.00790. The zero-order chi connectivity index (χ0) is 98.5. The van der Waals surface area contributed by atoms with E-state index in [4.69, 9.17) is 9.78 Å². The Balaban J connectivity index is 0.772. The maximum atomic E-state index is 14.4. The smallest absolute Gasteiger partial charge is 0.266 e. The minimum Gasteiger partial charge on any atom is -0.506 e. The Hall–Kier alpha value is -15.6. The molecule has 16 N–H and O–H groups in total. The molecule has 0 fully saturated rings. The first-order valence-corrected chi connectivity index (χ1v) is 63.5. The predicted octanol–water partition coefficient (Wildman–Crippen LogP) is 32.2. The van der Waals surface area contributed by atoms with Crippen LogP contribution in [0, 0.1) is 24.8 Å². The number of aromatic hydroxyl groups is 16. The highest BCUT2D eigenvalue weighted by Crippen LogP contribution is 2.69. The second-order valence-electron chi connectivity index (χ2n) is 35.5. The number of hydrogen-bond acceptors (Lipinski definition) is 18. The summed E-state index contributed by atoms with van der Waals surface area (Å²) >= 11 is -3.00. The van der Waals surface area contributed by atoms with Gasteiger partial charge in [0.15, 0.2) is 46.0 Å². The normalized spacial score (nSPS) is 12.3. The zero-order valence-corrected chi connectivity index (χ0v) is 85.8. The molecule has 144 heavy (non-hydrogen) atoms. The van der Waals surface area contributed by atoms with Gasteiger partial charge in [0.05, 0.1) is 7.14 Å². The van der Waals surface area contributed by atoms with E-state index < -0.39 is 164 Å². The fourth-order valence-corrected chi connectivity index (χ4v) is 61.0. The maximum Gasteiger partial charge on any atom is 0.266 e. The molecule has 700 valence electrons. The fraction of sp³-hybridized carbons (Fsp3) is 0.00826. The monoisotopic (exact) mass is 2450 g/mol. The summed E-state index contributed by atoms with van der Waals surface area (Å²) in [5.41, 5.74) is 8.77. The lowest BCUT2D eigenvalue weighted by Gasteiger charge is -2.26. The summed E-state index contributed by atoms with van der Waals surface area (Å²) in [6.45, 7) is 2.05. The predicted molar refractivity (Wildman–Crippen MR) is 615 cm³/mol. The summed E-state index contributed by atoms with van der Waals surface area (Å²) in [5.74, 6) is -16.1. The van der Waals surface area contributed by atoms with E-state index >= 15 is 0 Å². The minimum absolute atomic E-state index is 0.0577. The molecule has 0 aliphatic carbocycles. The molecule has 0 bridgehead atoms. The van der Waals surface area contributed by atoms with E-state index in [2.05, 4.69) is 22.6 Å². The van der Waals surface area contributed by atoms with Crippen LogP contribution in [0.25, 0.3) is 229 Å². The molecule has 0 amide bonds. The van der Waals surface area contributed by atoms with Crippen molar-refractivity contribution >= 4 is 218 Å². The molecule has 0 radical (unpaired) electrons. The number of halogens is 5. The van der Waals surface area contributed by atoms with Crippen LogP contribution in [0.15, 0.2) is 328 Å². The van der Waals surface area contributed by atoms with E-state index in [0.29, 0.717) is 89.2 Å².